The van der Waals surface area contributed by atoms with Crippen LogP contribution in [0, 0.1) is 0 Å². The lowest BCUT2D eigenvalue weighted by Crippen LogP contribution is -2.27. The van der Waals surface area contributed by atoms with Crippen molar-refractivity contribution in [1.29, 1.82) is 0 Å². The van der Waals surface area contributed by atoms with Crippen molar-refractivity contribution in [2.75, 3.05) is 0 Å². The lowest BCUT2D eigenvalue weighted by atomic mass is 10.3. The first-order valence-electron chi connectivity index (χ1n) is 3.01. The highest BCUT2D eigenvalue weighted by Gasteiger charge is 1.91. The molecule has 0 spiro atoms. The van der Waals surface area contributed by atoms with E-state index < -0.39 is 6.03 Å². The van der Waals surface area contributed by atoms with E-state index in [1.54, 1.807) is 0 Å². The molecule has 5 heteroatoms. The van der Waals surface area contributed by atoms with Gasteiger partial charge in [0.15, 0.2) is 0 Å². The maximum atomic E-state index is 10.0. The molecule has 1 atom stereocenters. The Bertz CT molecular complexity index is 134. The highest BCUT2D eigenvalue weighted by atomic mass is 16.2. The van der Waals surface area contributed by atoms with Gasteiger partial charge in [-0.1, -0.05) is 6.92 Å². The van der Waals surface area contributed by atoms with Gasteiger partial charge in [-0.2, -0.15) is 5.10 Å². The van der Waals surface area contributed by atoms with Crippen LogP contribution in [0.15, 0.2) is 5.10 Å². The van der Waals surface area contributed by atoms with Gasteiger partial charge in [0.25, 0.3) is 0 Å². The summed E-state index contributed by atoms with van der Waals surface area (Å²) in [5.74, 6) is 0. The van der Waals surface area contributed by atoms with E-state index >= 15 is 0 Å². The van der Waals surface area contributed by atoms with Gasteiger partial charge in [0.1, 0.15) is 0 Å². The Balaban J connectivity index is 3.45. The summed E-state index contributed by atoms with van der Waals surface area (Å²) in [6.07, 6.45) is 2.22. The van der Waals surface area contributed by atoms with Crippen LogP contribution < -0.4 is 16.9 Å². The minimum Gasteiger partial charge on any atom is -0.350 e. The van der Waals surface area contributed by atoms with Crippen LogP contribution in [-0.4, -0.2) is 18.3 Å². The van der Waals surface area contributed by atoms with Gasteiger partial charge in [-0.3, -0.25) is 0 Å². The molecule has 0 aromatic heterocycles. The van der Waals surface area contributed by atoms with E-state index in [0.717, 1.165) is 6.42 Å². The van der Waals surface area contributed by atoms with Crippen molar-refractivity contribution in [3.63, 3.8) is 0 Å². The largest absolute Gasteiger partial charge is 0.350 e. The van der Waals surface area contributed by atoms with E-state index in [9.17, 15) is 4.79 Å². The molecule has 0 aromatic rings. The normalized spacial score (nSPS) is 13.4. The zero-order chi connectivity index (χ0) is 7.98. The van der Waals surface area contributed by atoms with E-state index in [-0.39, 0.29) is 6.04 Å². The van der Waals surface area contributed by atoms with E-state index in [1.165, 1.54) is 6.21 Å². The minimum absolute atomic E-state index is 0.119. The third-order valence-corrected chi connectivity index (χ3v) is 0.912. The number of rotatable bonds is 3. The number of urea groups is 1. The number of hydrogen-bond acceptors (Lipinski definition) is 3. The number of nitrogens with two attached hydrogens (primary N) is 2. The lowest BCUT2D eigenvalue weighted by Gasteiger charge is -1.98. The van der Waals surface area contributed by atoms with Crippen LogP contribution in [0.1, 0.15) is 13.3 Å². The molecule has 0 heterocycles. The van der Waals surface area contributed by atoms with E-state index in [0.29, 0.717) is 0 Å². The fourth-order valence-electron chi connectivity index (χ4n) is 0.302. The first-order chi connectivity index (χ1) is 4.66. The van der Waals surface area contributed by atoms with Crippen molar-refractivity contribution < 1.29 is 4.79 Å². The smallest absolute Gasteiger partial charge is 0.332 e. The predicted molar refractivity (Wildman–Crippen MR) is 39.5 cm³/mol. The highest BCUT2D eigenvalue weighted by molar-refractivity contribution is 5.73. The van der Waals surface area contributed by atoms with Gasteiger partial charge in [-0.25, -0.2) is 10.2 Å². The van der Waals surface area contributed by atoms with E-state index in [4.69, 9.17) is 11.5 Å². The second kappa shape index (κ2) is 4.75. The minimum atomic E-state index is -0.681. The molecule has 0 aliphatic rings. The Morgan fingerprint density at radius 1 is 1.90 bits per heavy atom. The number of carbonyl (C=O) groups is 1. The predicted octanol–water partition coefficient (Wildman–Crippen LogP) is -0.622. The number of nitrogens with zero attached hydrogens (tertiary/aromatic N) is 1. The van der Waals surface area contributed by atoms with Crippen LogP contribution in [0.3, 0.4) is 0 Å². The Kier molecular flexibility index (Phi) is 4.23. The molecule has 5 N–H and O–H groups in total. The average Bonchev–Trinajstić information content (AvgIpc) is 1.87. The summed E-state index contributed by atoms with van der Waals surface area (Å²) >= 11 is 0. The van der Waals surface area contributed by atoms with Gasteiger partial charge in [0.2, 0.25) is 0 Å². The van der Waals surface area contributed by atoms with Crippen molar-refractivity contribution in [2.24, 2.45) is 16.6 Å². The fourth-order valence-corrected chi connectivity index (χ4v) is 0.302. The maximum Gasteiger partial charge on any atom is 0.332 e. The first-order valence-corrected chi connectivity index (χ1v) is 3.01. The van der Waals surface area contributed by atoms with Gasteiger partial charge in [0.05, 0.1) is 0 Å². The van der Waals surface area contributed by atoms with Crippen LogP contribution in [0.25, 0.3) is 0 Å². The van der Waals surface area contributed by atoms with Gasteiger partial charge in [-0.15, -0.1) is 0 Å². The molecule has 0 rings (SSSR count). The van der Waals surface area contributed by atoms with Crippen LogP contribution in [0.5, 0.6) is 0 Å². The zero-order valence-electron chi connectivity index (χ0n) is 5.87. The van der Waals surface area contributed by atoms with Crippen molar-refractivity contribution in [2.45, 2.75) is 19.4 Å². The SMILES string of the molecule is CC[C@H](N)/C=N/NC(N)=O. The number of amides is 2. The third kappa shape index (κ3) is 5.04. The van der Waals surface area contributed by atoms with Crippen molar-refractivity contribution in [3.8, 4) is 0 Å². The summed E-state index contributed by atoms with van der Waals surface area (Å²) < 4.78 is 0. The number of primary amides is 1. The van der Waals surface area contributed by atoms with Gasteiger partial charge < -0.3 is 11.5 Å². The van der Waals surface area contributed by atoms with Crippen LogP contribution in [0.4, 0.5) is 4.79 Å². The molecule has 0 aliphatic carbocycles. The zero-order valence-corrected chi connectivity index (χ0v) is 5.87. The maximum absolute atomic E-state index is 10.0. The second-order valence-electron chi connectivity index (χ2n) is 1.83. The summed E-state index contributed by atoms with van der Waals surface area (Å²) in [4.78, 5) is 10.0. The Morgan fingerprint density at radius 3 is 2.90 bits per heavy atom. The van der Waals surface area contributed by atoms with E-state index in [1.807, 2.05) is 12.3 Å². The van der Waals surface area contributed by atoms with Crippen molar-refractivity contribution in [1.82, 2.24) is 5.43 Å². The third-order valence-electron chi connectivity index (χ3n) is 0.912. The molecule has 0 bridgehead atoms. The van der Waals surface area contributed by atoms with Gasteiger partial charge in [0, 0.05) is 12.3 Å². The quantitative estimate of drug-likeness (QED) is 0.363. The van der Waals surface area contributed by atoms with Crippen LogP contribution >= 0.6 is 0 Å². The molecule has 58 valence electrons. The molecule has 0 unspecified atom stereocenters. The number of hydrazone groups is 1. The molecule has 0 fully saturated rings. The van der Waals surface area contributed by atoms with Crippen LogP contribution in [-0.2, 0) is 0 Å². The summed E-state index contributed by atoms with van der Waals surface area (Å²) in [6.45, 7) is 1.92. The fraction of sp³-hybridized carbons (Fsp3) is 0.600. The lowest BCUT2D eigenvalue weighted by molar-refractivity contribution is 0.249. The summed E-state index contributed by atoms with van der Waals surface area (Å²) in [5.41, 5.74) is 12.2. The monoisotopic (exact) mass is 144 g/mol. The topological polar surface area (TPSA) is 93.5 Å². The second-order valence-corrected chi connectivity index (χ2v) is 1.83. The number of hydrogen-bond donors (Lipinski definition) is 3. The number of nitrogens with one attached hydrogen (secondary N) is 1. The summed E-state index contributed by atoms with van der Waals surface area (Å²) in [7, 11) is 0. The highest BCUT2D eigenvalue weighted by Crippen LogP contribution is 1.78. The van der Waals surface area contributed by atoms with Gasteiger partial charge >= 0.3 is 6.03 Å². The molecule has 0 saturated heterocycles. The van der Waals surface area contributed by atoms with Crippen molar-refractivity contribution >= 4 is 12.2 Å². The summed E-state index contributed by atoms with van der Waals surface area (Å²) in [6, 6.07) is -0.800. The molecule has 0 aliphatic heterocycles. The Labute approximate surface area is 59.5 Å². The standard InChI is InChI=1S/C5H12N4O/c1-2-4(6)3-8-9-5(7)10/h3-4H,2,6H2,1H3,(H3,7,9,10)/b8-3+/t4-/m0/s1. The molecule has 2 amide bonds. The Hall–Kier alpha value is -1.10. The molecule has 0 radical (unpaired) electrons. The molecule has 0 aromatic carbocycles. The van der Waals surface area contributed by atoms with Gasteiger partial charge in [-0.05, 0) is 6.42 Å². The van der Waals surface area contributed by atoms with Crippen molar-refractivity contribution in [3.05, 3.63) is 0 Å². The molecule has 10 heavy (non-hydrogen) atoms. The average molecular weight is 144 g/mol. The molecule has 0 saturated carbocycles. The first kappa shape index (κ1) is 8.90. The summed E-state index contributed by atoms with van der Waals surface area (Å²) in [5, 5.41) is 3.47. The van der Waals surface area contributed by atoms with E-state index in [2.05, 4.69) is 5.10 Å². The molecular formula is C5H12N4O. The van der Waals surface area contributed by atoms with Crippen LogP contribution in [0.2, 0.25) is 0 Å². The molecule has 5 nitrogen and oxygen atoms in total. The number of carbonyl (C=O) groups excluding carboxylic acids is 1. The Morgan fingerprint density at radius 2 is 2.50 bits per heavy atom. The molecular weight excluding hydrogens is 132 g/mol.